The molecule has 3 rings (SSSR count). The van der Waals surface area contributed by atoms with Crippen LogP contribution in [0.4, 0.5) is 11.4 Å². The summed E-state index contributed by atoms with van der Waals surface area (Å²) in [5, 5.41) is 5.40. The van der Waals surface area contributed by atoms with E-state index >= 15 is 0 Å². The lowest BCUT2D eigenvalue weighted by Gasteiger charge is -2.23. The molecule has 0 radical (unpaired) electrons. The van der Waals surface area contributed by atoms with Crippen LogP contribution in [0.1, 0.15) is 23.6 Å². The number of hydrogen-bond acceptors (Lipinski definition) is 4. The van der Waals surface area contributed by atoms with E-state index in [0.717, 1.165) is 11.1 Å². The number of sulfonamides is 1. The number of anilines is 2. The van der Waals surface area contributed by atoms with Crippen molar-refractivity contribution in [1.82, 2.24) is 4.31 Å². The summed E-state index contributed by atoms with van der Waals surface area (Å²) >= 11 is 0. The Morgan fingerprint density at radius 1 is 0.853 bits per heavy atom. The Morgan fingerprint density at radius 2 is 1.47 bits per heavy atom. The molecule has 0 aliphatic carbocycles. The zero-order chi connectivity index (χ0) is 24.7. The molecule has 0 fully saturated rings. The summed E-state index contributed by atoms with van der Waals surface area (Å²) in [6.45, 7) is 4.84. The molecule has 3 aromatic carbocycles. The second-order valence-corrected chi connectivity index (χ2v) is 10.1. The molecule has 2 amide bonds. The Balaban J connectivity index is 1.80. The lowest BCUT2D eigenvalue weighted by atomic mass is 10.1. The molecule has 0 spiro atoms. The monoisotopic (exact) mass is 479 g/mol. The van der Waals surface area contributed by atoms with Gasteiger partial charge in [-0.15, -0.1) is 0 Å². The molecule has 0 heterocycles. The molecular weight excluding hydrogens is 450 g/mol. The highest BCUT2D eigenvalue weighted by Crippen LogP contribution is 2.22. The predicted molar refractivity (Wildman–Crippen MR) is 134 cm³/mol. The quantitative estimate of drug-likeness (QED) is 0.482. The summed E-state index contributed by atoms with van der Waals surface area (Å²) in [7, 11) is -3.91. The number of hydrogen-bond donors (Lipinski definition) is 2. The van der Waals surface area contributed by atoms with Crippen molar-refractivity contribution in [2.45, 2.75) is 32.1 Å². The van der Waals surface area contributed by atoms with Gasteiger partial charge in [0.2, 0.25) is 21.8 Å². The van der Waals surface area contributed by atoms with Crippen molar-refractivity contribution in [2.75, 3.05) is 23.7 Å². The van der Waals surface area contributed by atoms with Crippen molar-refractivity contribution >= 4 is 33.2 Å². The van der Waals surface area contributed by atoms with Gasteiger partial charge in [-0.05, 0) is 67.3 Å². The number of aryl methyl sites for hydroxylation is 2. The van der Waals surface area contributed by atoms with E-state index in [2.05, 4.69) is 10.6 Å². The Morgan fingerprint density at radius 3 is 2.09 bits per heavy atom. The molecule has 0 bridgehead atoms. The molecule has 3 aromatic rings. The molecule has 0 saturated carbocycles. The third-order valence-electron chi connectivity index (χ3n) is 5.26. The number of nitrogens with zero attached hydrogens (tertiary/aromatic N) is 1. The number of benzene rings is 3. The van der Waals surface area contributed by atoms with Gasteiger partial charge < -0.3 is 10.6 Å². The summed E-state index contributed by atoms with van der Waals surface area (Å²) < 4.78 is 28.4. The molecule has 34 heavy (non-hydrogen) atoms. The lowest BCUT2D eigenvalue weighted by Crippen LogP contribution is -2.39. The smallest absolute Gasteiger partial charge is 0.243 e. The molecule has 0 aromatic heterocycles. The summed E-state index contributed by atoms with van der Waals surface area (Å²) in [5.74, 6) is -0.642. The first kappa shape index (κ1) is 25.1. The standard InChI is InChI=1S/C26H29N3O4S/c1-19-9-10-20(2)25(17-19)34(32,33)29(16-15-22-7-5-4-6-8-22)18-26(31)28-24-13-11-23(12-14-24)27-21(3)30/h4-14,17H,15-16,18H2,1-3H3,(H,27,30)(H,28,31). The van der Waals surface area contributed by atoms with Crippen molar-refractivity contribution in [3.8, 4) is 0 Å². The van der Waals surface area contributed by atoms with E-state index in [0.29, 0.717) is 23.4 Å². The number of carbonyl (C=O) groups is 2. The zero-order valence-corrected chi connectivity index (χ0v) is 20.4. The first-order valence-corrected chi connectivity index (χ1v) is 12.4. The van der Waals surface area contributed by atoms with Crippen LogP contribution in [0.2, 0.25) is 0 Å². The van der Waals surface area contributed by atoms with Crippen molar-refractivity contribution in [1.29, 1.82) is 0 Å². The molecule has 7 nitrogen and oxygen atoms in total. The second kappa shape index (κ2) is 11.1. The normalized spacial score (nSPS) is 11.3. The van der Waals surface area contributed by atoms with E-state index in [9.17, 15) is 18.0 Å². The fourth-order valence-electron chi connectivity index (χ4n) is 3.51. The molecule has 0 unspecified atom stereocenters. The molecule has 0 saturated heterocycles. The van der Waals surface area contributed by atoms with Crippen LogP contribution >= 0.6 is 0 Å². The van der Waals surface area contributed by atoms with Gasteiger partial charge in [0.05, 0.1) is 11.4 Å². The third kappa shape index (κ3) is 6.76. The van der Waals surface area contributed by atoms with Crippen LogP contribution < -0.4 is 10.6 Å². The van der Waals surface area contributed by atoms with Gasteiger partial charge in [-0.25, -0.2) is 8.42 Å². The van der Waals surface area contributed by atoms with E-state index in [1.165, 1.54) is 11.2 Å². The molecule has 178 valence electrons. The lowest BCUT2D eigenvalue weighted by molar-refractivity contribution is -0.116. The van der Waals surface area contributed by atoms with Gasteiger partial charge in [-0.3, -0.25) is 9.59 Å². The highest BCUT2D eigenvalue weighted by molar-refractivity contribution is 7.89. The Bertz CT molecular complexity index is 1260. The number of amides is 2. The topological polar surface area (TPSA) is 95.6 Å². The summed E-state index contributed by atoms with van der Waals surface area (Å²) in [6, 6.07) is 21.5. The minimum absolute atomic E-state index is 0.161. The van der Waals surface area contributed by atoms with Gasteiger partial charge in [0, 0.05) is 24.8 Å². The molecular formula is C26H29N3O4S. The predicted octanol–water partition coefficient (Wildman–Crippen LogP) is 4.13. The van der Waals surface area contributed by atoms with Crippen LogP contribution in [-0.2, 0) is 26.0 Å². The van der Waals surface area contributed by atoms with Gasteiger partial charge >= 0.3 is 0 Å². The van der Waals surface area contributed by atoms with Crippen LogP contribution in [-0.4, -0.2) is 37.6 Å². The van der Waals surface area contributed by atoms with E-state index in [1.807, 2.05) is 43.3 Å². The van der Waals surface area contributed by atoms with E-state index < -0.39 is 15.9 Å². The van der Waals surface area contributed by atoms with Crippen LogP contribution in [0.3, 0.4) is 0 Å². The SMILES string of the molecule is CC(=O)Nc1ccc(NC(=O)CN(CCc2ccccc2)S(=O)(=O)c2cc(C)ccc2C)cc1. The van der Waals surface area contributed by atoms with Crippen LogP contribution in [0.5, 0.6) is 0 Å². The zero-order valence-electron chi connectivity index (χ0n) is 19.5. The Labute approximate surface area is 200 Å². The van der Waals surface area contributed by atoms with Crippen molar-refractivity contribution in [2.24, 2.45) is 0 Å². The van der Waals surface area contributed by atoms with Gasteiger partial charge in [-0.1, -0.05) is 42.5 Å². The molecule has 0 aliphatic heterocycles. The van der Waals surface area contributed by atoms with E-state index in [4.69, 9.17) is 0 Å². The van der Waals surface area contributed by atoms with Gasteiger partial charge in [-0.2, -0.15) is 4.31 Å². The summed E-state index contributed by atoms with van der Waals surface area (Å²) in [5.41, 5.74) is 3.55. The average molecular weight is 480 g/mol. The first-order valence-electron chi connectivity index (χ1n) is 10.9. The van der Waals surface area contributed by atoms with Crippen LogP contribution in [0, 0.1) is 13.8 Å². The molecule has 0 atom stereocenters. The maximum Gasteiger partial charge on any atom is 0.243 e. The van der Waals surface area contributed by atoms with Crippen molar-refractivity contribution in [3.63, 3.8) is 0 Å². The third-order valence-corrected chi connectivity index (χ3v) is 7.25. The number of carbonyl (C=O) groups excluding carboxylic acids is 2. The average Bonchev–Trinajstić information content (AvgIpc) is 2.79. The van der Waals surface area contributed by atoms with Gasteiger partial charge in [0.15, 0.2) is 0 Å². The fourth-order valence-corrected chi connectivity index (χ4v) is 5.21. The molecule has 2 N–H and O–H groups in total. The minimum atomic E-state index is -3.91. The second-order valence-electron chi connectivity index (χ2n) is 8.15. The van der Waals surface area contributed by atoms with E-state index in [1.54, 1.807) is 43.3 Å². The highest BCUT2D eigenvalue weighted by atomic mass is 32.2. The molecule has 8 heteroatoms. The van der Waals surface area contributed by atoms with Crippen molar-refractivity contribution < 1.29 is 18.0 Å². The Hall–Kier alpha value is -3.49. The largest absolute Gasteiger partial charge is 0.326 e. The fraction of sp³-hybridized carbons (Fsp3) is 0.231. The van der Waals surface area contributed by atoms with Crippen LogP contribution in [0.25, 0.3) is 0 Å². The minimum Gasteiger partial charge on any atom is -0.326 e. The van der Waals surface area contributed by atoms with Crippen LogP contribution in [0.15, 0.2) is 77.7 Å². The van der Waals surface area contributed by atoms with Gasteiger partial charge in [0.1, 0.15) is 0 Å². The van der Waals surface area contributed by atoms with E-state index in [-0.39, 0.29) is 23.9 Å². The Kier molecular flexibility index (Phi) is 8.20. The highest BCUT2D eigenvalue weighted by Gasteiger charge is 2.28. The van der Waals surface area contributed by atoms with Crippen molar-refractivity contribution in [3.05, 3.63) is 89.5 Å². The van der Waals surface area contributed by atoms with Gasteiger partial charge in [0.25, 0.3) is 0 Å². The summed E-state index contributed by atoms with van der Waals surface area (Å²) in [6.07, 6.45) is 0.476. The molecule has 0 aliphatic rings. The summed E-state index contributed by atoms with van der Waals surface area (Å²) in [4.78, 5) is 24.2. The maximum absolute atomic E-state index is 13.6. The first-order chi connectivity index (χ1) is 16.1. The maximum atomic E-state index is 13.6. The number of nitrogens with one attached hydrogen (secondary N) is 2. The number of rotatable bonds is 9.